The van der Waals surface area contributed by atoms with E-state index in [0.717, 1.165) is 6.07 Å². The molecule has 7 heteroatoms. The van der Waals surface area contributed by atoms with Gasteiger partial charge in [-0.3, -0.25) is 0 Å². The van der Waals surface area contributed by atoms with Crippen molar-refractivity contribution in [3.05, 3.63) is 29.6 Å². The van der Waals surface area contributed by atoms with Gasteiger partial charge in [0, 0.05) is 13.7 Å². The smallest absolute Gasteiger partial charge is 0.240 e. The minimum Gasteiger partial charge on any atom is -0.382 e. The maximum Gasteiger partial charge on any atom is 0.240 e. The van der Waals surface area contributed by atoms with Crippen LogP contribution in [-0.4, -0.2) is 41.9 Å². The lowest BCUT2D eigenvalue weighted by Gasteiger charge is -2.09. The van der Waals surface area contributed by atoms with Gasteiger partial charge in [0.05, 0.1) is 24.7 Å². The van der Waals surface area contributed by atoms with Crippen LogP contribution in [0.2, 0.25) is 0 Å². The highest BCUT2D eigenvalue weighted by Gasteiger charge is 2.16. The molecule has 0 unspecified atom stereocenters. The number of methoxy groups -OCH3 is 1. The third-order valence-electron chi connectivity index (χ3n) is 2.40. The van der Waals surface area contributed by atoms with E-state index >= 15 is 0 Å². The first kappa shape index (κ1) is 16.0. The number of aryl methyl sites for hydroxylation is 1. The third kappa shape index (κ3) is 5.23. The van der Waals surface area contributed by atoms with Crippen LogP contribution in [0.3, 0.4) is 0 Å². The van der Waals surface area contributed by atoms with Crippen molar-refractivity contribution in [1.29, 1.82) is 0 Å². The van der Waals surface area contributed by atoms with Gasteiger partial charge in [0.25, 0.3) is 0 Å². The summed E-state index contributed by atoms with van der Waals surface area (Å²) < 4.78 is 49.1. The van der Waals surface area contributed by atoms with Crippen LogP contribution < -0.4 is 4.72 Å². The molecule has 1 aromatic carbocycles. The Labute approximate surface area is 112 Å². The molecule has 1 aromatic rings. The van der Waals surface area contributed by atoms with Crippen molar-refractivity contribution >= 4 is 10.0 Å². The molecule has 0 radical (unpaired) electrons. The van der Waals surface area contributed by atoms with Crippen LogP contribution in [0.15, 0.2) is 23.1 Å². The summed E-state index contributed by atoms with van der Waals surface area (Å²) in [6, 6.07) is 3.55. The highest BCUT2D eigenvalue weighted by Crippen LogP contribution is 2.15. The fourth-order valence-electron chi connectivity index (χ4n) is 1.48. The molecular formula is C12H18FNO4S. The van der Waals surface area contributed by atoms with Crippen molar-refractivity contribution in [2.45, 2.75) is 11.8 Å². The van der Waals surface area contributed by atoms with Crippen molar-refractivity contribution in [3.8, 4) is 0 Å². The van der Waals surface area contributed by atoms with E-state index in [0.29, 0.717) is 18.8 Å². The Hall–Kier alpha value is -1.02. The van der Waals surface area contributed by atoms with Gasteiger partial charge >= 0.3 is 0 Å². The molecule has 0 aliphatic carbocycles. The number of hydrogen-bond acceptors (Lipinski definition) is 4. The largest absolute Gasteiger partial charge is 0.382 e. The first-order valence-corrected chi connectivity index (χ1v) is 7.28. The zero-order valence-corrected chi connectivity index (χ0v) is 11.8. The van der Waals surface area contributed by atoms with Crippen LogP contribution in [0.25, 0.3) is 0 Å². The Morgan fingerprint density at radius 2 is 2.00 bits per heavy atom. The Morgan fingerprint density at radius 3 is 2.63 bits per heavy atom. The summed E-state index contributed by atoms with van der Waals surface area (Å²) in [5.41, 5.74) is 0.368. The molecule has 19 heavy (non-hydrogen) atoms. The van der Waals surface area contributed by atoms with Crippen LogP contribution in [0.1, 0.15) is 5.56 Å². The monoisotopic (exact) mass is 291 g/mol. The minimum atomic E-state index is -3.63. The zero-order valence-electron chi connectivity index (χ0n) is 11.0. The van der Waals surface area contributed by atoms with Gasteiger partial charge in [0.2, 0.25) is 10.0 Å². The van der Waals surface area contributed by atoms with Gasteiger partial charge in [-0.1, -0.05) is 0 Å². The summed E-state index contributed by atoms with van der Waals surface area (Å²) in [5, 5.41) is 0. The van der Waals surface area contributed by atoms with Gasteiger partial charge < -0.3 is 9.47 Å². The van der Waals surface area contributed by atoms with Gasteiger partial charge in [-0.15, -0.1) is 0 Å². The lowest BCUT2D eigenvalue weighted by molar-refractivity contribution is 0.0736. The molecule has 0 spiro atoms. The van der Waals surface area contributed by atoms with E-state index < -0.39 is 15.8 Å². The molecule has 5 nitrogen and oxygen atoms in total. The maximum atomic E-state index is 12.9. The maximum absolute atomic E-state index is 12.9. The molecule has 0 aliphatic heterocycles. The first-order valence-electron chi connectivity index (χ1n) is 5.80. The zero-order chi connectivity index (χ0) is 14.3. The van der Waals surface area contributed by atoms with Crippen LogP contribution >= 0.6 is 0 Å². The highest BCUT2D eigenvalue weighted by molar-refractivity contribution is 7.89. The standard InChI is InChI=1S/C12H18FNO4S/c1-10-9-11(13)3-4-12(10)19(15,16)14-5-6-18-8-7-17-2/h3-4,9,14H,5-8H2,1-2H3. The Balaban J connectivity index is 2.52. The average molecular weight is 291 g/mol. The van der Waals surface area contributed by atoms with E-state index in [-0.39, 0.29) is 18.0 Å². The van der Waals surface area contributed by atoms with E-state index in [1.807, 2.05) is 0 Å². The normalized spacial score (nSPS) is 11.7. The minimum absolute atomic E-state index is 0.0748. The fourth-order valence-corrected chi connectivity index (χ4v) is 2.72. The molecule has 0 aromatic heterocycles. The molecule has 1 rings (SSSR count). The number of hydrogen-bond donors (Lipinski definition) is 1. The summed E-state index contributed by atoms with van der Waals surface area (Å²) in [5.74, 6) is -0.459. The quantitative estimate of drug-likeness (QED) is 0.728. The molecule has 0 saturated heterocycles. The summed E-state index contributed by atoms with van der Waals surface area (Å²) in [4.78, 5) is 0.0748. The molecule has 1 N–H and O–H groups in total. The van der Waals surface area contributed by atoms with E-state index in [4.69, 9.17) is 9.47 Å². The molecule has 0 aliphatic rings. The van der Waals surface area contributed by atoms with Crippen LogP contribution in [0, 0.1) is 12.7 Å². The van der Waals surface area contributed by atoms with Gasteiger partial charge in [-0.05, 0) is 30.7 Å². The van der Waals surface area contributed by atoms with E-state index in [2.05, 4.69) is 4.72 Å². The summed E-state index contributed by atoms with van der Waals surface area (Å²) in [6.45, 7) is 2.83. The number of ether oxygens (including phenoxy) is 2. The topological polar surface area (TPSA) is 64.6 Å². The fraction of sp³-hybridized carbons (Fsp3) is 0.500. The highest BCUT2D eigenvalue weighted by atomic mass is 32.2. The van der Waals surface area contributed by atoms with Crippen LogP contribution in [0.5, 0.6) is 0 Å². The Morgan fingerprint density at radius 1 is 1.26 bits per heavy atom. The molecular weight excluding hydrogens is 273 g/mol. The van der Waals surface area contributed by atoms with Crippen LogP contribution in [0.4, 0.5) is 4.39 Å². The number of nitrogens with one attached hydrogen (secondary N) is 1. The average Bonchev–Trinajstić information content (AvgIpc) is 2.33. The number of rotatable bonds is 8. The second-order valence-corrected chi connectivity index (χ2v) is 5.65. The molecule has 0 saturated carbocycles. The Kier molecular flexibility index (Phi) is 6.36. The summed E-state index contributed by atoms with van der Waals surface area (Å²) in [7, 11) is -2.07. The molecule has 0 fully saturated rings. The number of benzene rings is 1. The van der Waals surface area contributed by atoms with Crippen molar-refractivity contribution in [3.63, 3.8) is 0 Å². The van der Waals surface area contributed by atoms with Crippen molar-refractivity contribution in [2.75, 3.05) is 33.5 Å². The summed E-state index contributed by atoms with van der Waals surface area (Å²) in [6.07, 6.45) is 0. The lowest BCUT2D eigenvalue weighted by atomic mass is 10.2. The predicted octanol–water partition coefficient (Wildman–Crippen LogP) is 1.08. The van der Waals surface area contributed by atoms with Crippen molar-refractivity contribution in [2.24, 2.45) is 0 Å². The van der Waals surface area contributed by atoms with Crippen molar-refractivity contribution in [1.82, 2.24) is 4.72 Å². The van der Waals surface area contributed by atoms with Gasteiger partial charge in [0.15, 0.2) is 0 Å². The Bertz CT molecular complexity index is 504. The van der Waals surface area contributed by atoms with E-state index in [9.17, 15) is 12.8 Å². The number of halogens is 1. The SMILES string of the molecule is COCCOCCNS(=O)(=O)c1ccc(F)cc1C. The number of sulfonamides is 1. The first-order chi connectivity index (χ1) is 8.97. The van der Waals surface area contributed by atoms with E-state index in [1.54, 1.807) is 14.0 Å². The van der Waals surface area contributed by atoms with Crippen LogP contribution in [-0.2, 0) is 19.5 Å². The third-order valence-corrected chi connectivity index (χ3v) is 4.02. The van der Waals surface area contributed by atoms with E-state index in [1.165, 1.54) is 12.1 Å². The molecule has 0 heterocycles. The van der Waals surface area contributed by atoms with Gasteiger partial charge in [-0.25, -0.2) is 17.5 Å². The molecule has 0 atom stereocenters. The van der Waals surface area contributed by atoms with Gasteiger partial charge in [-0.2, -0.15) is 0 Å². The lowest BCUT2D eigenvalue weighted by Crippen LogP contribution is -2.28. The molecule has 108 valence electrons. The van der Waals surface area contributed by atoms with Crippen molar-refractivity contribution < 1.29 is 22.3 Å². The second kappa shape index (κ2) is 7.54. The molecule has 0 bridgehead atoms. The predicted molar refractivity (Wildman–Crippen MR) is 69.0 cm³/mol. The van der Waals surface area contributed by atoms with Gasteiger partial charge in [0.1, 0.15) is 5.82 Å². The molecule has 0 amide bonds. The second-order valence-electron chi connectivity index (χ2n) is 3.91. The summed E-state index contributed by atoms with van der Waals surface area (Å²) >= 11 is 0.